The normalized spacial score (nSPS) is 26.4. The SMILES string of the molecule is O=C1CC(Br)CN1CC(O)CO. The first-order valence-electron chi connectivity index (χ1n) is 3.84. The summed E-state index contributed by atoms with van der Waals surface area (Å²) in [7, 11) is 0. The van der Waals surface area contributed by atoms with Crippen LogP contribution in [-0.2, 0) is 4.79 Å². The highest BCUT2D eigenvalue weighted by molar-refractivity contribution is 9.09. The summed E-state index contributed by atoms with van der Waals surface area (Å²) in [5.41, 5.74) is 0. The Kier molecular flexibility index (Phi) is 3.49. The molecule has 12 heavy (non-hydrogen) atoms. The highest BCUT2D eigenvalue weighted by atomic mass is 79.9. The van der Waals surface area contributed by atoms with Gasteiger partial charge in [0.1, 0.15) is 0 Å². The van der Waals surface area contributed by atoms with Gasteiger partial charge in [0.05, 0.1) is 12.7 Å². The molecular weight excluding hydrogens is 226 g/mol. The molecule has 4 nitrogen and oxygen atoms in total. The largest absolute Gasteiger partial charge is 0.394 e. The molecule has 0 bridgehead atoms. The number of carbonyl (C=O) groups excluding carboxylic acids is 1. The lowest BCUT2D eigenvalue weighted by molar-refractivity contribution is -0.129. The van der Waals surface area contributed by atoms with Gasteiger partial charge in [-0.3, -0.25) is 4.79 Å². The molecule has 70 valence electrons. The molecule has 0 aromatic rings. The Morgan fingerprint density at radius 1 is 1.75 bits per heavy atom. The topological polar surface area (TPSA) is 60.8 Å². The summed E-state index contributed by atoms with van der Waals surface area (Å²) in [5.74, 6) is 0.0318. The molecule has 0 aliphatic carbocycles. The maximum Gasteiger partial charge on any atom is 0.223 e. The molecular formula is C7H12BrNO3. The van der Waals surface area contributed by atoms with Crippen molar-refractivity contribution in [2.75, 3.05) is 19.7 Å². The molecule has 1 saturated heterocycles. The average Bonchev–Trinajstić information content (AvgIpc) is 2.30. The van der Waals surface area contributed by atoms with E-state index in [9.17, 15) is 4.79 Å². The molecule has 0 saturated carbocycles. The zero-order valence-electron chi connectivity index (χ0n) is 6.61. The minimum absolute atomic E-state index is 0.0318. The highest BCUT2D eigenvalue weighted by Crippen LogP contribution is 2.17. The van der Waals surface area contributed by atoms with E-state index in [0.29, 0.717) is 13.0 Å². The fourth-order valence-electron chi connectivity index (χ4n) is 1.21. The van der Waals surface area contributed by atoms with Gasteiger partial charge in [0.15, 0.2) is 0 Å². The molecule has 2 unspecified atom stereocenters. The van der Waals surface area contributed by atoms with Gasteiger partial charge in [-0.25, -0.2) is 0 Å². The molecule has 0 radical (unpaired) electrons. The maximum atomic E-state index is 11.1. The van der Waals surface area contributed by atoms with Crippen LogP contribution in [-0.4, -0.2) is 51.6 Å². The van der Waals surface area contributed by atoms with E-state index in [2.05, 4.69) is 15.9 Å². The van der Waals surface area contributed by atoms with Crippen LogP contribution in [0.25, 0.3) is 0 Å². The van der Waals surface area contributed by atoms with E-state index in [-0.39, 0.29) is 23.9 Å². The number of nitrogens with zero attached hydrogens (tertiary/aromatic N) is 1. The number of alkyl halides is 1. The number of likely N-dealkylation sites (tertiary alicyclic amines) is 1. The Bertz CT molecular complexity index is 176. The molecule has 2 atom stereocenters. The Morgan fingerprint density at radius 2 is 2.42 bits per heavy atom. The minimum Gasteiger partial charge on any atom is -0.394 e. The van der Waals surface area contributed by atoms with Gasteiger partial charge in [0.2, 0.25) is 5.91 Å². The molecule has 1 aliphatic heterocycles. The quantitative estimate of drug-likeness (QED) is 0.641. The van der Waals surface area contributed by atoms with Crippen molar-refractivity contribution in [3.63, 3.8) is 0 Å². The lowest BCUT2D eigenvalue weighted by Gasteiger charge is -2.18. The van der Waals surface area contributed by atoms with Gasteiger partial charge < -0.3 is 15.1 Å². The van der Waals surface area contributed by atoms with Gasteiger partial charge in [-0.1, -0.05) is 15.9 Å². The van der Waals surface area contributed by atoms with Crippen LogP contribution < -0.4 is 0 Å². The first-order chi connectivity index (χ1) is 5.63. The fourth-order valence-corrected chi connectivity index (χ4v) is 1.84. The van der Waals surface area contributed by atoms with Gasteiger partial charge in [-0.2, -0.15) is 0 Å². The van der Waals surface area contributed by atoms with Crippen LogP contribution in [0.4, 0.5) is 0 Å². The van der Waals surface area contributed by atoms with Crippen molar-refractivity contribution < 1.29 is 15.0 Å². The van der Waals surface area contributed by atoms with Crippen molar-refractivity contribution in [1.29, 1.82) is 0 Å². The van der Waals surface area contributed by atoms with Gasteiger partial charge in [0, 0.05) is 24.3 Å². The number of amides is 1. The summed E-state index contributed by atoms with van der Waals surface area (Å²) in [4.78, 5) is 12.9. The lowest BCUT2D eigenvalue weighted by Crippen LogP contribution is -2.35. The van der Waals surface area contributed by atoms with E-state index >= 15 is 0 Å². The summed E-state index contributed by atoms with van der Waals surface area (Å²) >= 11 is 3.32. The molecule has 1 amide bonds. The number of hydrogen-bond acceptors (Lipinski definition) is 3. The summed E-state index contributed by atoms with van der Waals surface area (Å²) in [5, 5.41) is 17.6. The molecule has 0 spiro atoms. The molecule has 0 aromatic carbocycles. The Balaban J connectivity index is 2.37. The van der Waals surface area contributed by atoms with Crippen LogP contribution in [0.2, 0.25) is 0 Å². The second-order valence-electron chi connectivity index (χ2n) is 2.94. The number of halogens is 1. The highest BCUT2D eigenvalue weighted by Gasteiger charge is 2.28. The van der Waals surface area contributed by atoms with E-state index < -0.39 is 6.10 Å². The maximum absolute atomic E-state index is 11.1. The molecule has 2 N–H and O–H groups in total. The van der Waals surface area contributed by atoms with Crippen LogP contribution >= 0.6 is 15.9 Å². The number of aliphatic hydroxyl groups excluding tert-OH is 2. The monoisotopic (exact) mass is 237 g/mol. The van der Waals surface area contributed by atoms with Gasteiger partial charge in [0.25, 0.3) is 0 Å². The van der Waals surface area contributed by atoms with Crippen molar-refractivity contribution in [3.05, 3.63) is 0 Å². The predicted molar refractivity (Wildman–Crippen MR) is 47.0 cm³/mol. The zero-order chi connectivity index (χ0) is 9.14. The van der Waals surface area contributed by atoms with Crippen molar-refractivity contribution in [2.24, 2.45) is 0 Å². The standard InChI is InChI=1S/C7H12BrNO3/c8-5-1-7(12)9(2-5)3-6(11)4-10/h5-6,10-11H,1-4H2. The van der Waals surface area contributed by atoms with Crippen LogP contribution in [0.15, 0.2) is 0 Å². The first-order valence-corrected chi connectivity index (χ1v) is 4.76. The molecule has 5 heteroatoms. The van der Waals surface area contributed by atoms with Crippen molar-refractivity contribution >= 4 is 21.8 Å². The van der Waals surface area contributed by atoms with Crippen molar-refractivity contribution in [3.8, 4) is 0 Å². The van der Waals surface area contributed by atoms with Crippen LogP contribution in [0.1, 0.15) is 6.42 Å². The van der Waals surface area contributed by atoms with E-state index in [4.69, 9.17) is 10.2 Å². The number of rotatable bonds is 3. The molecule has 0 aromatic heterocycles. The zero-order valence-corrected chi connectivity index (χ0v) is 8.20. The molecule has 1 rings (SSSR count). The fraction of sp³-hybridized carbons (Fsp3) is 0.857. The van der Waals surface area contributed by atoms with E-state index in [0.717, 1.165) is 0 Å². The van der Waals surface area contributed by atoms with Crippen molar-refractivity contribution in [2.45, 2.75) is 17.4 Å². The van der Waals surface area contributed by atoms with Crippen molar-refractivity contribution in [1.82, 2.24) is 4.90 Å². The number of aliphatic hydroxyl groups is 2. The third kappa shape index (κ3) is 2.43. The predicted octanol–water partition coefficient (Wildman–Crippen LogP) is -0.665. The van der Waals surface area contributed by atoms with Crippen LogP contribution in [0.5, 0.6) is 0 Å². The number of carbonyl (C=O) groups is 1. The van der Waals surface area contributed by atoms with Gasteiger partial charge in [-0.15, -0.1) is 0 Å². The molecule has 1 heterocycles. The number of β-amino-alcohol motifs (C(OH)–C–C–N with tert-alkyl or cyclic N) is 1. The Morgan fingerprint density at radius 3 is 2.83 bits per heavy atom. The molecule has 1 fully saturated rings. The Labute approximate surface area is 79.3 Å². The second-order valence-corrected chi connectivity index (χ2v) is 4.23. The van der Waals surface area contributed by atoms with Gasteiger partial charge in [-0.05, 0) is 0 Å². The summed E-state index contributed by atoms with van der Waals surface area (Å²) < 4.78 is 0. The van der Waals surface area contributed by atoms with Gasteiger partial charge >= 0.3 is 0 Å². The van der Waals surface area contributed by atoms with E-state index in [1.54, 1.807) is 4.90 Å². The van der Waals surface area contributed by atoms with E-state index in [1.807, 2.05) is 0 Å². The second kappa shape index (κ2) is 4.20. The third-order valence-corrected chi connectivity index (χ3v) is 2.42. The van der Waals surface area contributed by atoms with Crippen LogP contribution in [0, 0.1) is 0 Å². The summed E-state index contributed by atoms with van der Waals surface area (Å²) in [6.07, 6.45) is -0.329. The Hall–Kier alpha value is -0.130. The minimum atomic E-state index is -0.813. The van der Waals surface area contributed by atoms with E-state index in [1.165, 1.54) is 0 Å². The average molecular weight is 238 g/mol. The summed E-state index contributed by atoms with van der Waals surface area (Å²) in [6, 6.07) is 0. The first kappa shape index (κ1) is 9.95. The van der Waals surface area contributed by atoms with Crippen LogP contribution in [0.3, 0.4) is 0 Å². The molecule has 1 aliphatic rings. The third-order valence-electron chi connectivity index (χ3n) is 1.81. The number of hydrogen-bond donors (Lipinski definition) is 2. The smallest absolute Gasteiger partial charge is 0.223 e. The summed E-state index contributed by atoms with van der Waals surface area (Å²) in [6.45, 7) is 0.560. The lowest BCUT2D eigenvalue weighted by atomic mass is 10.3.